The summed E-state index contributed by atoms with van der Waals surface area (Å²) in [5.41, 5.74) is 4.99. The molecule has 0 atom stereocenters. The Labute approximate surface area is 167 Å². The van der Waals surface area contributed by atoms with Gasteiger partial charge in [0.25, 0.3) is 5.91 Å². The van der Waals surface area contributed by atoms with Gasteiger partial charge in [-0.25, -0.2) is 4.98 Å². The molecule has 0 saturated heterocycles. The molecule has 0 unspecified atom stereocenters. The Morgan fingerprint density at radius 1 is 1.14 bits per heavy atom. The highest BCUT2D eigenvalue weighted by atomic mass is 32.1. The Balaban J connectivity index is 1.43. The Kier molecular flexibility index (Phi) is 4.79. The lowest BCUT2D eigenvalue weighted by molar-refractivity contribution is -0.116. The van der Waals surface area contributed by atoms with Crippen molar-refractivity contribution in [3.63, 3.8) is 0 Å². The van der Waals surface area contributed by atoms with E-state index in [1.54, 1.807) is 12.1 Å². The van der Waals surface area contributed by atoms with Crippen LogP contribution in [-0.4, -0.2) is 28.2 Å². The topological polar surface area (TPSA) is 62.3 Å². The smallest absolute Gasteiger partial charge is 0.259 e. The van der Waals surface area contributed by atoms with E-state index in [0.717, 1.165) is 23.2 Å². The molecule has 2 aromatic carbocycles. The molecule has 3 aromatic rings. The molecule has 5 nitrogen and oxygen atoms in total. The number of aromatic nitrogens is 1. The van der Waals surface area contributed by atoms with Gasteiger partial charge in [-0.2, -0.15) is 0 Å². The Bertz CT molecular complexity index is 1030. The van der Waals surface area contributed by atoms with Crippen molar-refractivity contribution in [2.75, 3.05) is 11.9 Å². The predicted octanol–water partition coefficient (Wildman–Crippen LogP) is 4.44. The van der Waals surface area contributed by atoms with Gasteiger partial charge in [0.2, 0.25) is 5.91 Å². The molecule has 1 N–H and O–H groups in total. The van der Waals surface area contributed by atoms with Gasteiger partial charge in [-0.05, 0) is 18.1 Å². The fourth-order valence-electron chi connectivity index (χ4n) is 3.18. The molecular formula is C22H19N3O2S. The van der Waals surface area contributed by atoms with Gasteiger partial charge >= 0.3 is 0 Å². The van der Waals surface area contributed by atoms with Crippen LogP contribution in [0.2, 0.25) is 0 Å². The van der Waals surface area contributed by atoms with Gasteiger partial charge in [0.1, 0.15) is 6.54 Å². The number of hydrogen-bond acceptors (Lipinski definition) is 4. The second-order valence-electron chi connectivity index (χ2n) is 6.52. The van der Waals surface area contributed by atoms with Crippen molar-refractivity contribution >= 4 is 34.0 Å². The number of anilines is 1. The third-order valence-corrected chi connectivity index (χ3v) is 5.51. The highest BCUT2D eigenvalue weighted by molar-refractivity contribution is 7.14. The second-order valence-corrected chi connectivity index (χ2v) is 7.38. The zero-order chi connectivity index (χ0) is 19.7. The lowest BCUT2D eigenvalue weighted by Crippen LogP contribution is -2.32. The second kappa shape index (κ2) is 7.40. The van der Waals surface area contributed by atoms with Crippen molar-refractivity contribution < 1.29 is 9.59 Å². The molecule has 0 radical (unpaired) electrons. The van der Waals surface area contributed by atoms with Gasteiger partial charge in [0, 0.05) is 27.8 Å². The number of nitrogens with zero attached hydrogens (tertiary/aromatic N) is 2. The van der Waals surface area contributed by atoms with E-state index >= 15 is 0 Å². The van der Waals surface area contributed by atoms with Crippen LogP contribution < -0.4 is 5.32 Å². The van der Waals surface area contributed by atoms with E-state index in [9.17, 15) is 9.59 Å². The number of nitrogens with one attached hydrogen (secondary N) is 1. The number of carbonyl (C=O) groups excluding carboxylic acids is 2. The summed E-state index contributed by atoms with van der Waals surface area (Å²) in [5, 5.41) is 5.20. The summed E-state index contributed by atoms with van der Waals surface area (Å²) in [6.45, 7) is 5.98. The monoisotopic (exact) mass is 389 g/mol. The highest BCUT2D eigenvalue weighted by Gasteiger charge is 2.31. The molecule has 0 aliphatic carbocycles. The number of carbonyl (C=O) groups is 2. The van der Waals surface area contributed by atoms with Gasteiger partial charge in [-0.15, -0.1) is 11.3 Å². The van der Waals surface area contributed by atoms with Crippen molar-refractivity contribution in [2.45, 2.75) is 13.3 Å². The summed E-state index contributed by atoms with van der Waals surface area (Å²) in [6.07, 6.45) is 0.989. The minimum atomic E-state index is -0.301. The minimum absolute atomic E-state index is 0.0908. The SMILES string of the molecule is C=C1c2ccccc2C(=O)N1CC(=O)Nc1nc(-c2ccc(CC)cc2)cs1. The summed E-state index contributed by atoms with van der Waals surface area (Å²) in [4.78, 5) is 30.9. The number of benzene rings is 2. The summed E-state index contributed by atoms with van der Waals surface area (Å²) >= 11 is 1.36. The van der Waals surface area contributed by atoms with Crippen LogP contribution in [0.15, 0.2) is 60.5 Å². The van der Waals surface area contributed by atoms with Crippen LogP contribution in [0.4, 0.5) is 5.13 Å². The van der Waals surface area contributed by atoms with E-state index in [-0.39, 0.29) is 18.4 Å². The van der Waals surface area contributed by atoms with Crippen LogP contribution in [0.5, 0.6) is 0 Å². The van der Waals surface area contributed by atoms with E-state index in [4.69, 9.17) is 0 Å². The Hall–Kier alpha value is -3.25. The van der Waals surface area contributed by atoms with Gasteiger partial charge in [-0.3, -0.25) is 14.5 Å². The summed E-state index contributed by atoms with van der Waals surface area (Å²) in [5.74, 6) is -0.504. The first kappa shape index (κ1) is 18.1. The molecule has 4 rings (SSSR count). The van der Waals surface area contributed by atoms with Crippen LogP contribution >= 0.6 is 11.3 Å². The van der Waals surface area contributed by atoms with Crippen LogP contribution in [0.3, 0.4) is 0 Å². The molecule has 2 amide bonds. The molecule has 0 fully saturated rings. The molecule has 2 heterocycles. The summed E-state index contributed by atoms with van der Waals surface area (Å²) in [7, 11) is 0. The van der Waals surface area contributed by atoms with Crippen LogP contribution in [0.25, 0.3) is 17.0 Å². The van der Waals surface area contributed by atoms with Crippen LogP contribution in [0.1, 0.15) is 28.4 Å². The van der Waals surface area contributed by atoms with Crippen molar-refractivity contribution in [3.8, 4) is 11.3 Å². The lowest BCUT2D eigenvalue weighted by Gasteiger charge is -2.16. The first-order chi connectivity index (χ1) is 13.6. The number of aryl methyl sites for hydroxylation is 1. The quantitative estimate of drug-likeness (QED) is 0.702. The largest absolute Gasteiger partial charge is 0.300 e. The maximum absolute atomic E-state index is 12.5. The zero-order valence-corrected chi connectivity index (χ0v) is 16.3. The van der Waals surface area contributed by atoms with Crippen molar-refractivity contribution in [1.29, 1.82) is 0 Å². The number of hydrogen-bond donors (Lipinski definition) is 1. The molecule has 1 aromatic heterocycles. The van der Waals surface area contributed by atoms with E-state index in [1.807, 2.05) is 29.6 Å². The molecule has 0 bridgehead atoms. The number of thiazole rings is 1. The van der Waals surface area contributed by atoms with Gasteiger partial charge < -0.3 is 5.32 Å². The highest BCUT2D eigenvalue weighted by Crippen LogP contribution is 2.31. The lowest BCUT2D eigenvalue weighted by atomic mass is 10.1. The normalized spacial score (nSPS) is 13.0. The third kappa shape index (κ3) is 3.34. The predicted molar refractivity (Wildman–Crippen MR) is 112 cm³/mol. The molecule has 140 valence electrons. The van der Waals surface area contributed by atoms with Crippen molar-refractivity contribution in [2.24, 2.45) is 0 Å². The van der Waals surface area contributed by atoms with Crippen molar-refractivity contribution in [1.82, 2.24) is 9.88 Å². The summed E-state index contributed by atoms with van der Waals surface area (Å²) in [6, 6.07) is 15.5. The molecule has 0 saturated carbocycles. The molecule has 1 aliphatic rings. The zero-order valence-electron chi connectivity index (χ0n) is 15.4. The van der Waals surface area contributed by atoms with E-state index in [1.165, 1.54) is 21.8 Å². The molecule has 0 spiro atoms. The summed E-state index contributed by atoms with van der Waals surface area (Å²) < 4.78 is 0. The van der Waals surface area contributed by atoms with Crippen LogP contribution in [0, 0.1) is 0 Å². The first-order valence-electron chi connectivity index (χ1n) is 9.01. The molecule has 6 heteroatoms. The van der Waals surface area contributed by atoms with E-state index < -0.39 is 0 Å². The molecule has 1 aliphatic heterocycles. The maximum Gasteiger partial charge on any atom is 0.259 e. The number of rotatable bonds is 5. The van der Waals surface area contributed by atoms with Gasteiger partial charge in [0.15, 0.2) is 5.13 Å². The number of fused-ring (bicyclic) bond motifs is 1. The first-order valence-corrected chi connectivity index (χ1v) is 9.89. The average Bonchev–Trinajstić information content (AvgIpc) is 3.27. The molecular weight excluding hydrogens is 370 g/mol. The standard InChI is InChI=1S/C22H19N3O2S/c1-3-15-8-10-16(11-9-15)19-13-28-22(23-19)24-20(26)12-25-14(2)17-6-4-5-7-18(17)21(25)27/h4-11,13H,2-3,12H2,1H3,(H,23,24,26). The fraction of sp³-hybridized carbons (Fsp3) is 0.136. The van der Waals surface area contributed by atoms with E-state index in [0.29, 0.717) is 16.4 Å². The van der Waals surface area contributed by atoms with E-state index in [2.05, 4.69) is 35.9 Å². The molecule has 28 heavy (non-hydrogen) atoms. The van der Waals surface area contributed by atoms with Gasteiger partial charge in [0.05, 0.1) is 5.69 Å². The minimum Gasteiger partial charge on any atom is -0.300 e. The Morgan fingerprint density at radius 3 is 2.54 bits per heavy atom. The fourth-order valence-corrected chi connectivity index (χ4v) is 3.92. The average molecular weight is 389 g/mol. The van der Waals surface area contributed by atoms with Crippen LogP contribution in [-0.2, 0) is 11.2 Å². The van der Waals surface area contributed by atoms with Gasteiger partial charge in [-0.1, -0.05) is 56.0 Å². The number of amides is 2. The third-order valence-electron chi connectivity index (χ3n) is 4.75. The van der Waals surface area contributed by atoms with Crippen molar-refractivity contribution in [3.05, 3.63) is 77.2 Å². The maximum atomic E-state index is 12.5. The Morgan fingerprint density at radius 2 is 1.86 bits per heavy atom.